The number of anilines is 1. The number of nitro groups is 1. The molecule has 27 heavy (non-hydrogen) atoms. The van der Waals surface area contributed by atoms with Crippen LogP contribution in [0.1, 0.15) is 20.7 Å². The van der Waals surface area contributed by atoms with E-state index in [-0.39, 0.29) is 22.5 Å². The lowest BCUT2D eigenvalue weighted by Gasteiger charge is -1.98. The van der Waals surface area contributed by atoms with Crippen molar-refractivity contribution in [2.75, 3.05) is 5.73 Å². The van der Waals surface area contributed by atoms with Crippen LogP contribution in [-0.2, 0) is 4.79 Å². The molecule has 0 aliphatic carbocycles. The van der Waals surface area contributed by atoms with Crippen molar-refractivity contribution in [2.45, 2.75) is 0 Å². The number of aromatic nitrogens is 1. The number of nitrogens with one attached hydrogen (secondary N) is 1. The van der Waals surface area contributed by atoms with Crippen molar-refractivity contribution in [3.05, 3.63) is 69.9 Å². The zero-order valence-corrected chi connectivity index (χ0v) is 13.6. The first-order chi connectivity index (χ1) is 12.7. The second-order valence-corrected chi connectivity index (χ2v) is 5.22. The van der Waals surface area contributed by atoms with Crippen LogP contribution in [0.4, 0.5) is 11.4 Å². The SMILES string of the molecule is Nc1cc([N+](=O)[O-])ccc1C(=O)O.O=C(O)C(=O)c1c[nH]c2ccccc12. The Labute approximate surface area is 151 Å². The second kappa shape index (κ2) is 7.78. The maximum Gasteiger partial charge on any atom is 0.377 e. The average Bonchev–Trinajstić information content (AvgIpc) is 3.05. The van der Waals surface area contributed by atoms with E-state index in [4.69, 9.17) is 15.9 Å². The summed E-state index contributed by atoms with van der Waals surface area (Å²) in [6.45, 7) is 0. The van der Waals surface area contributed by atoms with E-state index in [0.29, 0.717) is 5.39 Å². The third-order valence-electron chi connectivity index (χ3n) is 3.50. The minimum atomic E-state index is -1.44. The van der Waals surface area contributed by atoms with E-state index in [9.17, 15) is 24.5 Å². The molecule has 0 amide bonds. The van der Waals surface area contributed by atoms with Crippen LogP contribution < -0.4 is 5.73 Å². The minimum absolute atomic E-state index is 0.110. The number of nitrogens with zero attached hydrogens (tertiary/aromatic N) is 1. The van der Waals surface area contributed by atoms with Gasteiger partial charge in [-0.3, -0.25) is 14.9 Å². The van der Waals surface area contributed by atoms with Gasteiger partial charge in [0.1, 0.15) is 0 Å². The molecule has 3 rings (SSSR count). The molecule has 0 saturated carbocycles. The van der Waals surface area contributed by atoms with Gasteiger partial charge < -0.3 is 20.9 Å². The molecule has 10 heteroatoms. The van der Waals surface area contributed by atoms with Gasteiger partial charge in [0.2, 0.25) is 0 Å². The van der Waals surface area contributed by atoms with Crippen LogP contribution in [0.25, 0.3) is 10.9 Å². The minimum Gasteiger partial charge on any atom is -0.478 e. The number of benzene rings is 2. The number of hydrogen-bond donors (Lipinski definition) is 4. The fourth-order valence-corrected chi connectivity index (χ4v) is 2.23. The highest BCUT2D eigenvalue weighted by atomic mass is 16.6. The number of ketones is 1. The normalized spacial score (nSPS) is 9.93. The Balaban J connectivity index is 0.000000194. The van der Waals surface area contributed by atoms with Crippen LogP contribution in [0, 0.1) is 10.1 Å². The van der Waals surface area contributed by atoms with Crippen molar-refractivity contribution in [3.8, 4) is 0 Å². The van der Waals surface area contributed by atoms with Crippen molar-refractivity contribution < 1.29 is 29.5 Å². The summed E-state index contributed by atoms with van der Waals surface area (Å²) in [4.78, 5) is 44.6. The molecule has 0 radical (unpaired) electrons. The van der Waals surface area contributed by atoms with Gasteiger partial charge in [-0.1, -0.05) is 18.2 Å². The molecule has 0 bridgehead atoms. The number of fused-ring (bicyclic) bond motifs is 1. The molecule has 0 saturated heterocycles. The number of carboxylic acid groups (broad SMARTS) is 2. The van der Waals surface area contributed by atoms with Gasteiger partial charge in [-0.05, 0) is 12.1 Å². The van der Waals surface area contributed by atoms with Crippen molar-refractivity contribution in [2.24, 2.45) is 0 Å². The van der Waals surface area contributed by atoms with Crippen LogP contribution in [0.15, 0.2) is 48.7 Å². The molecule has 5 N–H and O–H groups in total. The number of aliphatic carboxylic acids is 1. The first kappa shape index (κ1) is 19.1. The van der Waals surface area contributed by atoms with E-state index in [0.717, 1.165) is 23.7 Å². The number of non-ortho nitro benzene ring substituents is 1. The van der Waals surface area contributed by atoms with E-state index >= 15 is 0 Å². The van der Waals surface area contributed by atoms with Crippen molar-refractivity contribution in [3.63, 3.8) is 0 Å². The van der Waals surface area contributed by atoms with Gasteiger partial charge in [0, 0.05) is 29.2 Å². The molecule has 0 spiro atoms. The van der Waals surface area contributed by atoms with E-state index in [1.54, 1.807) is 18.2 Å². The predicted molar refractivity (Wildman–Crippen MR) is 94.7 cm³/mol. The number of rotatable bonds is 4. The summed E-state index contributed by atoms with van der Waals surface area (Å²) in [6, 6.07) is 10.3. The van der Waals surface area contributed by atoms with Gasteiger partial charge in [0.05, 0.1) is 21.7 Å². The number of nitrogen functional groups attached to an aromatic ring is 1. The number of nitrogens with two attached hydrogens (primary N) is 1. The highest BCUT2D eigenvalue weighted by molar-refractivity contribution is 6.42. The average molecular weight is 371 g/mol. The first-order valence-corrected chi connectivity index (χ1v) is 7.33. The number of hydrogen-bond acceptors (Lipinski definition) is 6. The Bertz CT molecular complexity index is 1060. The maximum absolute atomic E-state index is 11.2. The van der Waals surface area contributed by atoms with E-state index in [1.165, 1.54) is 6.20 Å². The van der Waals surface area contributed by atoms with Crippen molar-refractivity contribution >= 4 is 40.0 Å². The number of carboxylic acids is 2. The number of carbonyl (C=O) groups is 3. The lowest BCUT2D eigenvalue weighted by Crippen LogP contribution is -2.11. The third kappa shape index (κ3) is 4.25. The lowest BCUT2D eigenvalue weighted by atomic mass is 10.1. The molecule has 3 aromatic rings. The highest BCUT2D eigenvalue weighted by Gasteiger charge is 2.18. The van der Waals surface area contributed by atoms with Crippen LogP contribution in [-0.4, -0.2) is 37.8 Å². The van der Waals surface area contributed by atoms with Crippen LogP contribution in [0.3, 0.4) is 0 Å². The number of aromatic carboxylic acids is 1. The van der Waals surface area contributed by atoms with Gasteiger partial charge in [-0.15, -0.1) is 0 Å². The fourth-order valence-electron chi connectivity index (χ4n) is 2.23. The van der Waals surface area contributed by atoms with Crippen LogP contribution in [0.2, 0.25) is 0 Å². The predicted octanol–water partition coefficient (Wildman–Crippen LogP) is 2.31. The number of Topliss-reactive ketones (excluding diaryl/α,β-unsaturated/α-hetero) is 1. The Morgan fingerprint density at radius 3 is 2.26 bits per heavy atom. The molecule has 0 fully saturated rings. The number of aromatic amines is 1. The quantitative estimate of drug-likeness (QED) is 0.177. The monoisotopic (exact) mass is 371 g/mol. The molecule has 138 valence electrons. The summed E-state index contributed by atoms with van der Waals surface area (Å²) in [6.07, 6.45) is 1.42. The number of nitro benzene ring substituents is 1. The van der Waals surface area contributed by atoms with Gasteiger partial charge in [-0.25, -0.2) is 9.59 Å². The first-order valence-electron chi connectivity index (χ1n) is 7.33. The molecule has 0 aliphatic heterocycles. The lowest BCUT2D eigenvalue weighted by molar-refractivity contribution is -0.384. The summed E-state index contributed by atoms with van der Waals surface area (Å²) in [5.41, 5.74) is 5.77. The number of carbonyl (C=O) groups excluding carboxylic acids is 1. The van der Waals surface area contributed by atoms with Crippen molar-refractivity contribution in [1.29, 1.82) is 0 Å². The van der Waals surface area contributed by atoms with Gasteiger partial charge >= 0.3 is 11.9 Å². The zero-order chi connectivity index (χ0) is 20.1. The Morgan fingerprint density at radius 1 is 1.04 bits per heavy atom. The van der Waals surface area contributed by atoms with Crippen molar-refractivity contribution in [1.82, 2.24) is 4.98 Å². The smallest absolute Gasteiger partial charge is 0.377 e. The fraction of sp³-hybridized carbons (Fsp3) is 0. The summed E-state index contributed by atoms with van der Waals surface area (Å²) in [5, 5.41) is 28.0. The van der Waals surface area contributed by atoms with Crippen LogP contribution >= 0.6 is 0 Å². The zero-order valence-electron chi connectivity index (χ0n) is 13.6. The molecule has 1 aromatic heterocycles. The summed E-state index contributed by atoms with van der Waals surface area (Å²) < 4.78 is 0. The van der Waals surface area contributed by atoms with E-state index in [1.807, 2.05) is 6.07 Å². The standard InChI is InChI=1S/C10H7NO3.C7H6N2O4/c12-9(10(13)14)7-5-11-8-4-2-1-3-6(7)8;8-6-3-4(9(12)13)1-2-5(6)7(10)11/h1-5,11H,(H,13,14);1-3H,8H2,(H,10,11). The highest BCUT2D eigenvalue weighted by Crippen LogP contribution is 2.19. The molecule has 0 unspecified atom stereocenters. The molecular weight excluding hydrogens is 358 g/mol. The number of H-pyrrole nitrogens is 1. The Hall–Kier alpha value is -4.21. The summed E-state index contributed by atoms with van der Waals surface area (Å²) in [7, 11) is 0. The molecular formula is C17H13N3O7. The molecule has 2 aromatic carbocycles. The summed E-state index contributed by atoms with van der Waals surface area (Å²) in [5.74, 6) is -3.52. The number of para-hydroxylation sites is 1. The molecule has 1 heterocycles. The largest absolute Gasteiger partial charge is 0.478 e. The molecule has 0 aliphatic rings. The van der Waals surface area contributed by atoms with E-state index in [2.05, 4.69) is 4.98 Å². The van der Waals surface area contributed by atoms with Gasteiger partial charge in [0.25, 0.3) is 11.5 Å². The van der Waals surface area contributed by atoms with Crippen LogP contribution in [0.5, 0.6) is 0 Å². The molecule has 0 atom stereocenters. The van der Waals surface area contributed by atoms with E-state index < -0.39 is 22.6 Å². The Morgan fingerprint density at radius 2 is 1.70 bits per heavy atom. The Kier molecular flexibility index (Phi) is 5.51. The maximum atomic E-state index is 11.2. The molecule has 10 nitrogen and oxygen atoms in total. The summed E-state index contributed by atoms with van der Waals surface area (Å²) >= 11 is 0. The third-order valence-corrected chi connectivity index (χ3v) is 3.50. The van der Waals surface area contributed by atoms with Gasteiger partial charge in [-0.2, -0.15) is 0 Å². The second-order valence-electron chi connectivity index (χ2n) is 5.22. The topological polar surface area (TPSA) is 177 Å². The van der Waals surface area contributed by atoms with Gasteiger partial charge in [0.15, 0.2) is 0 Å².